The molecule has 1 aromatic heterocycles. The Morgan fingerprint density at radius 3 is 2.44 bits per heavy atom. The summed E-state index contributed by atoms with van der Waals surface area (Å²) in [4.78, 5) is 54.2. The van der Waals surface area contributed by atoms with Crippen molar-refractivity contribution in [1.82, 2.24) is 19.7 Å². The van der Waals surface area contributed by atoms with Crippen LogP contribution in [0.2, 0.25) is 0 Å². The number of nitrogens with zero attached hydrogens (tertiary/aromatic N) is 3. The predicted octanol–water partition coefficient (Wildman–Crippen LogP) is 1.46. The zero-order chi connectivity index (χ0) is 23.7. The molecule has 2 saturated heterocycles. The number of fused-ring (bicyclic) bond motifs is 4. The highest BCUT2D eigenvalue weighted by molar-refractivity contribution is 5.96. The maximum absolute atomic E-state index is 13.3. The lowest BCUT2D eigenvalue weighted by atomic mass is 9.84. The van der Waals surface area contributed by atoms with Crippen molar-refractivity contribution in [3.8, 4) is 0 Å². The van der Waals surface area contributed by atoms with Crippen LogP contribution in [0.1, 0.15) is 41.4 Å². The van der Waals surface area contributed by atoms with Crippen molar-refractivity contribution in [2.24, 2.45) is 11.8 Å². The van der Waals surface area contributed by atoms with Gasteiger partial charge in [-0.1, -0.05) is 24.3 Å². The van der Waals surface area contributed by atoms with Crippen LogP contribution in [0.15, 0.2) is 53.3 Å². The maximum Gasteiger partial charge on any atom is 0.251 e. The first-order valence-corrected chi connectivity index (χ1v) is 12.1. The molecule has 3 aliphatic rings. The lowest BCUT2D eigenvalue weighted by Crippen LogP contribution is -2.53. The number of likely N-dealkylation sites (tertiary alicyclic amines) is 2. The van der Waals surface area contributed by atoms with E-state index in [9.17, 15) is 19.2 Å². The van der Waals surface area contributed by atoms with E-state index in [0.29, 0.717) is 44.0 Å². The van der Waals surface area contributed by atoms with E-state index in [1.165, 1.54) is 0 Å². The van der Waals surface area contributed by atoms with Crippen molar-refractivity contribution in [3.05, 3.63) is 70.1 Å². The molecule has 1 aromatic carbocycles. The Hall–Kier alpha value is -3.42. The summed E-state index contributed by atoms with van der Waals surface area (Å²) in [5, 5.41) is 2.68. The number of hydrogen-bond donors (Lipinski definition) is 1. The number of aromatic nitrogens is 1. The summed E-state index contributed by atoms with van der Waals surface area (Å²) >= 11 is 0. The van der Waals surface area contributed by atoms with Gasteiger partial charge in [-0.05, 0) is 49.8 Å². The van der Waals surface area contributed by atoms with Crippen molar-refractivity contribution >= 4 is 17.7 Å². The van der Waals surface area contributed by atoms with Crippen molar-refractivity contribution in [3.63, 3.8) is 0 Å². The molecule has 1 N–H and O–H groups in total. The second-order valence-corrected chi connectivity index (χ2v) is 9.63. The van der Waals surface area contributed by atoms with E-state index < -0.39 is 0 Å². The number of hydrogen-bond acceptors (Lipinski definition) is 4. The molecule has 8 nitrogen and oxygen atoms in total. The molecule has 34 heavy (non-hydrogen) atoms. The average molecular weight is 463 g/mol. The summed E-state index contributed by atoms with van der Waals surface area (Å²) in [6.07, 6.45) is 3.03. The molecule has 178 valence electrons. The molecule has 2 bridgehead atoms. The Balaban J connectivity index is 1.13. The van der Waals surface area contributed by atoms with E-state index in [1.807, 2.05) is 27.7 Å². The van der Waals surface area contributed by atoms with Crippen LogP contribution in [0.25, 0.3) is 0 Å². The zero-order valence-electron chi connectivity index (χ0n) is 19.2. The molecular formula is C26H30N4O4. The number of nitrogens with one attached hydrogen (secondary N) is 1. The van der Waals surface area contributed by atoms with Gasteiger partial charge in [-0.2, -0.15) is 0 Å². The Morgan fingerprint density at radius 2 is 1.68 bits per heavy atom. The van der Waals surface area contributed by atoms with E-state index in [4.69, 9.17) is 0 Å². The standard InChI is InChI=1S/C26H30N4O4/c31-23-8-4-7-21-13-18-14-22(30(21)23)17-29(16-18)26(34)20-9-11-28(12-10-20)24(32)15-27-25(33)19-5-2-1-3-6-19/h1-8,18,20,22H,9-17H2,(H,27,33)/t18-,22+/m0/s1. The third-order valence-electron chi connectivity index (χ3n) is 7.40. The molecule has 0 spiro atoms. The summed E-state index contributed by atoms with van der Waals surface area (Å²) in [6, 6.07) is 14.3. The van der Waals surface area contributed by atoms with Gasteiger partial charge >= 0.3 is 0 Å². The average Bonchev–Trinajstić information content (AvgIpc) is 2.87. The number of rotatable bonds is 4. The summed E-state index contributed by atoms with van der Waals surface area (Å²) in [6.45, 7) is 2.30. The minimum Gasteiger partial charge on any atom is -0.343 e. The van der Waals surface area contributed by atoms with Crippen LogP contribution < -0.4 is 10.9 Å². The van der Waals surface area contributed by atoms with Gasteiger partial charge < -0.3 is 19.7 Å². The number of amides is 3. The number of piperidine rings is 2. The highest BCUT2D eigenvalue weighted by Crippen LogP contribution is 2.34. The third-order valence-corrected chi connectivity index (χ3v) is 7.40. The van der Waals surface area contributed by atoms with Gasteiger partial charge in [-0.15, -0.1) is 0 Å². The van der Waals surface area contributed by atoms with Gasteiger partial charge in [0.25, 0.3) is 11.5 Å². The fraction of sp³-hybridized carbons (Fsp3) is 0.462. The number of carbonyl (C=O) groups is 3. The lowest BCUT2D eigenvalue weighted by Gasteiger charge is -2.44. The summed E-state index contributed by atoms with van der Waals surface area (Å²) in [5.41, 5.74) is 1.62. The van der Waals surface area contributed by atoms with Gasteiger partial charge in [0.15, 0.2) is 0 Å². The zero-order valence-corrected chi connectivity index (χ0v) is 19.2. The van der Waals surface area contributed by atoms with Gasteiger partial charge in [-0.25, -0.2) is 0 Å². The smallest absolute Gasteiger partial charge is 0.251 e. The van der Waals surface area contributed by atoms with Crippen LogP contribution in [0.3, 0.4) is 0 Å². The van der Waals surface area contributed by atoms with E-state index in [1.54, 1.807) is 35.2 Å². The van der Waals surface area contributed by atoms with Crippen LogP contribution in [0.4, 0.5) is 0 Å². The Morgan fingerprint density at radius 1 is 0.912 bits per heavy atom. The molecule has 2 atom stereocenters. The minimum atomic E-state index is -0.268. The van der Waals surface area contributed by atoms with E-state index in [0.717, 1.165) is 25.1 Å². The van der Waals surface area contributed by atoms with Crippen molar-refractivity contribution in [2.75, 3.05) is 32.7 Å². The molecule has 2 aromatic rings. The van der Waals surface area contributed by atoms with Crippen LogP contribution in [-0.2, 0) is 16.0 Å². The van der Waals surface area contributed by atoms with Crippen molar-refractivity contribution in [2.45, 2.75) is 31.7 Å². The molecular weight excluding hydrogens is 432 g/mol. The van der Waals surface area contributed by atoms with E-state index in [-0.39, 0.29) is 41.8 Å². The fourth-order valence-electron chi connectivity index (χ4n) is 5.70. The number of benzene rings is 1. The Bertz CT molecular complexity index is 1140. The minimum absolute atomic E-state index is 0.0152. The molecule has 4 heterocycles. The molecule has 2 fully saturated rings. The molecule has 0 aliphatic carbocycles. The van der Waals surface area contributed by atoms with E-state index >= 15 is 0 Å². The molecule has 3 amide bonds. The van der Waals surface area contributed by atoms with Crippen LogP contribution in [0.5, 0.6) is 0 Å². The first-order valence-electron chi connectivity index (χ1n) is 12.1. The molecule has 0 unspecified atom stereocenters. The van der Waals surface area contributed by atoms with Crippen molar-refractivity contribution < 1.29 is 14.4 Å². The van der Waals surface area contributed by atoms with Gasteiger partial charge in [0.05, 0.1) is 12.6 Å². The highest BCUT2D eigenvalue weighted by Gasteiger charge is 2.38. The van der Waals surface area contributed by atoms with Gasteiger partial charge in [0.2, 0.25) is 11.8 Å². The molecule has 5 rings (SSSR count). The number of pyridine rings is 1. The Kier molecular flexibility index (Phi) is 6.22. The van der Waals surface area contributed by atoms with Crippen LogP contribution in [0, 0.1) is 11.8 Å². The van der Waals surface area contributed by atoms with Crippen LogP contribution >= 0.6 is 0 Å². The van der Waals surface area contributed by atoms with Gasteiger partial charge in [0, 0.05) is 49.4 Å². The SMILES string of the molecule is O=C(NCC(=O)N1CCC(C(=O)N2C[C@H]3Cc4cccc(=O)n4[C@H](C3)C2)CC1)c1ccccc1. The topological polar surface area (TPSA) is 91.7 Å². The summed E-state index contributed by atoms with van der Waals surface area (Å²) in [7, 11) is 0. The monoisotopic (exact) mass is 462 g/mol. The second kappa shape index (κ2) is 9.44. The highest BCUT2D eigenvalue weighted by atomic mass is 16.2. The van der Waals surface area contributed by atoms with Crippen LogP contribution in [-0.4, -0.2) is 64.8 Å². The fourth-order valence-corrected chi connectivity index (χ4v) is 5.70. The number of carbonyl (C=O) groups excluding carboxylic acids is 3. The molecule has 0 saturated carbocycles. The quantitative estimate of drug-likeness (QED) is 0.745. The van der Waals surface area contributed by atoms with Crippen molar-refractivity contribution in [1.29, 1.82) is 0 Å². The normalized spacial score (nSPS) is 22.1. The third kappa shape index (κ3) is 4.49. The largest absolute Gasteiger partial charge is 0.343 e. The second-order valence-electron chi connectivity index (χ2n) is 9.63. The first-order chi connectivity index (χ1) is 16.5. The molecule has 8 heteroatoms. The first kappa shape index (κ1) is 22.4. The van der Waals surface area contributed by atoms with E-state index in [2.05, 4.69) is 5.32 Å². The summed E-state index contributed by atoms with van der Waals surface area (Å²) < 4.78 is 1.88. The van der Waals surface area contributed by atoms with Gasteiger partial charge in [-0.3, -0.25) is 19.2 Å². The lowest BCUT2D eigenvalue weighted by molar-refractivity contribution is -0.142. The maximum atomic E-state index is 13.3. The van der Waals surface area contributed by atoms with Gasteiger partial charge in [0.1, 0.15) is 0 Å². The molecule has 0 radical (unpaired) electrons. The summed E-state index contributed by atoms with van der Waals surface area (Å²) in [5.74, 6) is 0.0359. The predicted molar refractivity (Wildman–Crippen MR) is 126 cm³/mol. The molecule has 3 aliphatic heterocycles. The Labute approximate surface area is 198 Å².